The van der Waals surface area contributed by atoms with Crippen molar-refractivity contribution in [3.63, 3.8) is 0 Å². The molecule has 0 fully saturated rings. The number of para-hydroxylation sites is 1. The van der Waals surface area contributed by atoms with E-state index in [0.29, 0.717) is 22.1 Å². The van der Waals surface area contributed by atoms with Crippen LogP contribution in [0.15, 0.2) is 47.1 Å². The summed E-state index contributed by atoms with van der Waals surface area (Å²) in [5.41, 5.74) is 4.22. The van der Waals surface area contributed by atoms with Crippen LogP contribution in [0.5, 0.6) is 5.75 Å². The molecule has 1 unspecified atom stereocenters. The number of nitrogens with two attached hydrogens (primary N) is 1. The van der Waals surface area contributed by atoms with Crippen LogP contribution < -0.4 is 16.0 Å². The minimum atomic E-state index is -0.355. The van der Waals surface area contributed by atoms with Crippen LogP contribution in [0.25, 0.3) is 11.0 Å². The van der Waals surface area contributed by atoms with Gasteiger partial charge in [0.15, 0.2) is 5.58 Å². The molecule has 3 aromatic rings. The molecule has 2 aromatic heterocycles. The van der Waals surface area contributed by atoms with Gasteiger partial charge in [0.25, 0.3) is 0 Å². The predicted molar refractivity (Wildman–Crippen MR) is 81.2 cm³/mol. The molecule has 1 atom stereocenters. The first-order chi connectivity index (χ1) is 10.2. The first-order valence-corrected chi connectivity index (χ1v) is 6.74. The molecule has 0 amide bonds. The minimum Gasteiger partial charge on any atom is -0.495 e. The first-order valence-electron chi connectivity index (χ1n) is 6.36. The molecular formula is C15H14ClN3O2. The fourth-order valence-electron chi connectivity index (χ4n) is 2.31. The number of hydrazine groups is 1. The van der Waals surface area contributed by atoms with Gasteiger partial charge in [-0.3, -0.25) is 10.8 Å². The maximum absolute atomic E-state index is 6.14. The number of fused-ring (bicyclic) bond motifs is 1. The first kappa shape index (κ1) is 13.9. The average Bonchev–Trinajstić information content (AvgIpc) is 2.94. The van der Waals surface area contributed by atoms with E-state index in [4.69, 9.17) is 26.6 Å². The molecule has 3 N–H and O–H groups in total. The van der Waals surface area contributed by atoms with Gasteiger partial charge in [-0.05, 0) is 18.2 Å². The van der Waals surface area contributed by atoms with E-state index in [-0.39, 0.29) is 6.04 Å². The largest absolute Gasteiger partial charge is 0.495 e. The van der Waals surface area contributed by atoms with Crippen molar-refractivity contribution in [2.45, 2.75) is 6.04 Å². The van der Waals surface area contributed by atoms with Crippen LogP contribution in [-0.4, -0.2) is 12.1 Å². The third-order valence-electron chi connectivity index (χ3n) is 3.31. The number of ether oxygens (including phenoxy) is 1. The highest BCUT2D eigenvalue weighted by atomic mass is 35.5. The van der Waals surface area contributed by atoms with Gasteiger partial charge in [-0.25, -0.2) is 5.43 Å². The van der Waals surface area contributed by atoms with Crippen LogP contribution >= 0.6 is 11.6 Å². The standard InChI is InChI=1S/C15H14ClN3O2/c1-20-13-8-18-6-5-10(13)14(19-17)12-7-9-3-2-4-11(16)15(9)21-12/h2-8,14,19H,17H2,1H3. The van der Waals surface area contributed by atoms with Crippen molar-refractivity contribution in [3.8, 4) is 5.75 Å². The topological polar surface area (TPSA) is 73.3 Å². The van der Waals surface area contributed by atoms with Crippen LogP contribution in [-0.2, 0) is 0 Å². The van der Waals surface area contributed by atoms with Crippen molar-refractivity contribution in [2.75, 3.05) is 7.11 Å². The van der Waals surface area contributed by atoms with E-state index in [0.717, 1.165) is 10.9 Å². The molecular weight excluding hydrogens is 290 g/mol. The van der Waals surface area contributed by atoms with Gasteiger partial charge in [-0.1, -0.05) is 23.7 Å². The Balaban J connectivity index is 2.12. The summed E-state index contributed by atoms with van der Waals surface area (Å²) in [6.07, 6.45) is 3.31. The number of halogens is 1. The number of rotatable bonds is 4. The summed E-state index contributed by atoms with van der Waals surface area (Å²) in [6.45, 7) is 0. The SMILES string of the molecule is COc1cnccc1C(NN)c1cc2cccc(Cl)c2o1. The van der Waals surface area contributed by atoms with Gasteiger partial charge >= 0.3 is 0 Å². The van der Waals surface area contributed by atoms with E-state index in [1.807, 2.05) is 24.3 Å². The molecule has 0 saturated heterocycles. The van der Waals surface area contributed by atoms with E-state index in [9.17, 15) is 0 Å². The second-order valence-corrected chi connectivity index (χ2v) is 4.93. The number of aromatic nitrogens is 1. The average molecular weight is 304 g/mol. The number of benzene rings is 1. The van der Waals surface area contributed by atoms with E-state index >= 15 is 0 Å². The van der Waals surface area contributed by atoms with Gasteiger partial charge in [-0.15, -0.1) is 0 Å². The Morgan fingerprint density at radius 3 is 2.95 bits per heavy atom. The maximum Gasteiger partial charge on any atom is 0.152 e. The molecule has 5 nitrogen and oxygen atoms in total. The van der Waals surface area contributed by atoms with Gasteiger partial charge in [0.1, 0.15) is 17.6 Å². The highest BCUT2D eigenvalue weighted by Crippen LogP contribution is 2.34. The zero-order chi connectivity index (χ0) is 14.8. The van der Waals surface area contributed by atoms with Crippen molar-refractivity contribution in [3.05, 3.63) is 59.1 Å². The number of nitrogens with zero attached hydrogens (tertiary/aromatic N) is 1. The van der Waals surface area contributed by atoms with Gasteiger partial charge in [-0.2, -0.15) is 0 Å². The zero-order valence-corrected chi connectivity index (χ0v) is 12.1. The Bertz CT molecular complexity index is 772. The molecule has 6 heteroatoms. The third-order valence-corrected chi connectivity index (χ3v) is 3.61. The maximum atomic E-state index is 6.14. The highest BCUT2D eigenvalue weighted by molar-refractivity contribution is 6.34. The Morgan fingerprint density at radius 2 is 2.24 bits per heavy atom. The quantitative estimate of drug-likeness (QED) is 0.572. The van der Waals surface area contributed by atoms with Crippen LogP contribution in [0.1, 0.15) is 17.4 Å². The number of hydrogen-bond donors (Lipinski definition) is 2. The number of methoxy groups -OCH3 is 1. The number of nitrogens with one attached hydrogen (secondary N) is 1. The van der Waals surface area contributed by atoms with Crippen molar-refractivity contribution in [2.24, 2.45) is 5.84 Å². The summed E-state index contributed by atoms with van der Waals surface area (Å²) in [7, 11) is 1.59. The molecule has 0 saturated carbocycles. The molecule has 108 valence electrons. The second kappa shape index (κ2) is 5.73. The van der Waals surface area contributed by atoms with Gasteiger partial charge in [0.05, 0.1) is 18.3 Å². The van der Waals surface area contributed by atoms with Gasteiger partial charge in [0.2, 0.25) is 0 Å². The van der Waals surface area contributed by atoms with E-state index < -0.39 is 0 Å². The fourth-order valence-corrected chi connectivity index (χ4v) is 2.54. The summed E-state index contributed by atoms with van der Waals surface area (Å²) in [5, 5.41) is 1.49. The summed E-state index contributed by atoms with van der Waals surface area (Å²) < 4.78 is 11.2. The van der Waals surface area contributed by atoms with E-state index in [1.165, 1.54) is 0 Å². The summed E-state index contributed by atoms with van der Waals surface area (Å²) in [4.78, 5) is 4.04. The Hall–Kier alpha value is -2.08. The summed E-state index contributed by atoms with van der Waals surface area (Å²) in [6, 6.07) is 8.98. The molecule has 1 aromatic carbocycles. The molecule has 0 aliphatic heterocycles. The second-order valence-electron chi connectivity index (χ2n) is 4.52. The van der Waals surface area contributed by atoms with Crippen LogP contribution in [0.2, 0.25) is 5.02 Å². The molecule has 3 rings (SSSR count). The molecule has 21 heavy (non-hydrogen) atoms. The van der Waals surface area contributed by atoms with Crippen molar-refractivity contribution in [1.82, 2.24) is 10.4 Å². The zero-order valence-electron chi connectivity index (χ0n) is 11.3. The normalized spacial score (nSPS) is 12.5. The van der Waals surface area contributed by atoms with Crippen molar-refractivity contribution >= 4 is 22.6 Å². The number of hydrogen-bond acceptors (Lipinski definition) is 5. The van der Waals surface area contributed by atoms with Gasteiger partial charge < -0.3 is 9.15 Å². The molecule has 0 aliphatic carbocycles. The smallest absolute Gasteiger partial charge is 0.152 e. The van der Waals surface area contributed by atoms with E-state index in [2.05, 4.69) is 10.4 Å². The Labute approximate surface area is 126 Å². The fraction of sp³-hybridized carbons (Fsp3) is 0.133. The molecule has 2 heterocycles. The number of furan rings is 1. The monoisotopic (exact) mass is 303 g/mol. The Kier molecular flexibility index (Phi) is 3.79. The van der Waals surface area contributed by atoms with E-state index in [1.54, 1.807) is 25.6 Å². The molecule has 0 bridgehead atoms. The van der Waals surface area contributed by atoms with Crippen LogP contribution in [0, 0.1) is 0 Å². The van der Waals surface area contributed by atoms with Gasteiger partial charge in [0, 0.05) is 17.1 Å². The molecule has 0 radical (unpaired) electrons. The van der Waals surface area contributed by atoms with Crippen LogP contribution in [0.4, 0.5) is 0 Å². The van der Waals surface area contributed by atoms with Crippen molar-refractivity contribution in [1.29, 1.82) is 0 Å². The third kappa shape index (κ3) is 2.47. The van der Waals surface area contributed by atoms with Crippen molar-refractivity contribution < 1.29 is 9.15 Å². The highest BCUT2D eigenvalue weighted by Gasteiger charge is 2.21. The summed E-state index contributed by atoms with van der Waals surface area (Å²) >= 11 is 6.14. The molecule has 0 spiro atoms. The lowest BCUT2D eigenvalue weighted by Crippen LogP contribution is -2.28. The lowest BCUT2D eigenvalue weighted by atomic mass is 10.1. The van der Waals surface area contributed by atoms with Crippen LogP contribution in [0.3, 0.4) is 0 Å². The lowest BCUT2D eigenvalue weighted by molar-refractivity contribution is 0.395. The lowest BCUT2D eigenvalue weighted by Gasteiger charge is -2.16. The Morgan fingerprint density at radius 1 is 1.38 bits per heavy atom. The summed E-state index contributed by atoms with van der Waals surface area (Å²) in [5.74, 6) is 6.99. The predicted octanol–water partition coefficient (Wildman–Crippen LogP) is 3.04. The number of pyridine rings is 1. The molecule has 0 aliphatic rings. The minimum absolute atomic E-state index is 0.355.